The number of hydrogen-bond donors (Lipinski definition) is 1. The van der Waals surface area contributed by atoms with Crippen molar-refractivity contribution in [3.05, 3.63) is 0 Å². The van der Waals surface area contributed by atoms with Gasteiger partial charge in [0.2, 0.25) is 11.8 Å². The van der Waals surface area contributed by atoms with Gasteiger partial charge < -0.3 is 14.9 Å². The average Bonchev–Trinajstić information content (AvgIpc) is 2.76. The van der Waals surface area contributed by atoms with Crippen molar-refractivity contribution in [1.82, 2.24) is 9.80 Å². The summed E-state index contributed by atoms with van der Waals surface area (Å²) in [4.78, 5) is 25.8. The number of rotatable bonds is 3. The number of carbonyl (C=O) groups excluding carboxylic acids is 2. The molecule has 5 nitrogen and oxygen atoms in total. The highest BCUT2D eigenvalue weighted by Crippen LogP contribution is 2.15. The molecule has 1 unspecified atom stereocenters. The minimum absolute atomic E-state index is 0.00542. The second-order valence-electron chi connectivity index (χ2n) is 4.11. The van der Waals surface area contributed by atoms with Crippen LogP contribution in [0.2, 0.25) is 0 Å². The zero-order chi connectivity index (χ0) is 10.8. The number of hydrogen-bond acceptors (Lipinski definition) is 3. The summed E-state index contributed by atoms with van der Waals surface area (Å²) in [5, 5.41) is 9.81. The molecular formula is C10H16N2O3. The van der Waals surface area contributed by atoms with Gasteiger partial charge in [-0.05, 0) is 12.8 Å². The summed E-state index contributed by atoms with van der Waals surface area (Å²) in [7, 11) is 0. The first-order valence-electron chi connectivity index (χ1n) is 5.44. The lowest BCUT2D eigenvalue weighted by molar-refractivity contribution is -0.141. The molecule has 2 heterocycles. The molecule has 2 aliphatic rings. The molecule has 2 rings (SSSR count). The molecule has 2 aliphatic heterocycles. The maximum Gasteiger partial charge on any atom is 0.224 e. The summed E-state index contributed by atoms with van der Waals surface area (Å²) >= 11 is 0. The fourth-order valence-electron chi connectivity index (χ4n) is 2.18. The summed E-state index contributed by atoms with van der Waals surface area (Å²) < 4.78 is 0. The Labute approximate surface area is 88.6 Å². The Hall–Kier alpha value is -1.10. The molecule has 15 heavy (non-hydrogen) atoms. The monoisotopic (exact) mass is 212 g/mol. The molecular weight excluding hydrogens is 196 g/mol. The van der Waals surface area contributed by atoms with E-state index < -0.39 is 6.23 Å². The van der Waals surface area contributed by atoms with Gasteiger partial charge in [0.05, 0.1) is 6.54 Å². The number of β-amino-alcohol motifs (C(OH)–C–C–N with tert-alkyl or cyclic N) is 1. The summed E-state index contributed by atoms with van der Waals surface area (Å²) in [6, 6.07) is 0. The second kappa shape index (κ2) is 4.18. The van der Waals surface area contributed by atoms with Gasteiger partial charge in [0.25, 0.3) is 0 Å². The van der Waals surface area contributed by atoms with Crippen LogP contribution < -0.4 is 0 Å². The lowest BCUT2D eigenvalue weighted by Crippen LogP contribution is -2.44. The van der Waals surface area contributed by atoms with Crippen molar-refractivity contribution in [1.29, 1.82) is 0 Å². The largest absolute Gasteiger partial charge is 0.372 e. The number of likely N-dealkylation sites (tertiary alicyclic amines) is 2. The van der Waals surface area contributed by atoms with Gasteiger partial charge in [0.15, 0.2) is 0 Å². The van der Waals surface area contributed by atoms with Crippen LogP contribution in [0.25, 0.3) is 0 Å². The van der Waals surface area contributed by atoms with Crippen LogP contribution in [0.1, 0.15) is 25.7 Å². The Balaban J connectivity index is 1.88. The standard InChI is InChI=1S/C10H16N2O3/c13-8-3-1-5-11(8)7-10(15)12-6-2-4-9(12)14/h10,15H,1-7H2. The van der Waals surface area contributed by atoms with Crippen LogP contribution in [-0.2, 0) is 9.59 Å². The van der Waals surface area contributed by atoms with Crippen LogP contribution in [0.4, 0.5) is 0 Å². The fourth-order valence-corrected chi connectivity index (χ4v) is 2.18. The Morgan fingerprint density at radius 2 is 1.80 bits per heavy atom. The molecule has 2 saturated heterocycles. The van der Waals surface area contributed by atoms with Gasteiger partial charge in [-0.25, -0.2) is 0 Å². The maximum absolute atomic E-state index is 11.3. The number of carbonyl (C=O) groups is 2. The third-order valence-corrected chi connectivity index (χ3v) is 3.02. The average molecular weight is 212 g/mol. The van der Waals surface area contributed by atoms with E-state index in [1.54, 1.807) is 4.90 Å². The highest BCUT2D eigenvalue weighted by atomic mass is 16.3. The van der Waals surface area contributed by atoms with E-state index in [-0.39, 0.29) is 18.4 Å². The van der Waals surface area contributed by atoms with Crippen LogP contribution in [0.15, 0.2) is 0 Å². The minimum Gasteiger partial charge on any atom is -0.372 e. The molecule has 2 fully saturated rings. The van der Waals surface area contributed by atoms with Crippen molar-refractivity contribution in [2.24, 2.45) is 0 Å². The number of aliphatic hydroxyl groups excluding tert-OH is 1. The van der Waals surface area contributed by atoms with Gasteiger partial charge in [0, 0.05) is 25.9 Å². The molecule has 0 bridgehead atoms. The van der Waals surface area contributed by atoms with E-state index in [1.807, 2.05) is 0 Å². The predicted molar refractivity (Wildman–Crippen MR) is 52.8 cm³/mol. The van der Waals surface area contributed by atoms with Crippen LogP contribution in [0.3, 0.4) is 0 Å². The molecule has 1 atom stereocenters. The first-order valence-corrected chi connectivity index (χ1v) is 5.44. The summed E-state index contributed by atoms with van der Waals surface area (Å²) in [5.41, 5.74) is 0. The molecule has 5 heteroatoms. The first kappa shape index (κ1) is 10.4. The zero-order valence-electron chi connectivity index (χ0n) is 8.69. The quantitative estimate of drug-likeness (QED) is 0.689. The number of nitrogens with zero attached hydrogens (tertiary/aromatic N) is 2. The highest BCUT2D eigenvalue weighted by molar-refractivity contribution is 5.79. The Morgan fingerprint density at radius 1 is 1.13 bits per heavy atom. The van der Waals surface area contributed by atoms with Gasteiger partial charge in [-0.2, -0.15) is 0 Å². The van der Waals surface area contributed by atoms with Gasteiger partial charge >= 0.3 is 0 Å². The Bertz CT molecular complexity index is 280. The van der Waals surface area contributed by atoms with Crippen molar-refractivity contribution < 1.29 is 14.7 Å². The second-order valence-corrected chi connectivity index (χ2v) is 4.11. The van der Waals surface area contributed by atoms with Gasteiger partial charge in [-0.1, -0.05) is 0 Å². The van der Waals surface area contributed by atoms with Crippen LogP contribution in [-0.4, -0.2) is 52.6 Å². The van der Waals surface area contributed by atoms with Crippen LogP contribution in [0.5, 0.6) is 0 Å². The fraction of sp³-hybridized carbons (Fsp3) is 0.800. The third kappa shape index (κ3) is 2.12. The highest BCUT2D eigenvalue weighted by Gasteiger charge is 2.30. The minimum atomic E-state index is -0.818. The molecule has 0 aromatic heterocycles. The van der Waals surface area contributed by atoms with E-state index in [0.717, 1.165) is 12.8 Å². The van der Waals surface area contributed by atoms with Crippen molar-refractivity contribution in [3.63, 3.8) is 0 Å². The molecule has 84 valence electrons. The molecule has 1 N–H and O–H groups in total. The van der Waals surface area contributed by atoms with Gasteiger partial charge in [-0.15, -0.1) is 0 Å². The Kier molecular flexibility index (Phi) is 2.90. The lowest BCUT2D eigenvalue weighted by Gasteiger charge is -2.27. The lowest BCUT2D eigenvalue weighted by atomic mass is 10.4. The first-order chi connectivity index (χ1) is 7.18. The molecule has 0 aliphatic carbocycles. The van der Waals surface area contributed by atoms with Crippen molar-refractivity contribution >= 4 is 11.8 Å². The SMILES string of the molecule is O=C1CCCN1CC(O)N1CCCC1=O. The van der Waals surface area contributed by atoms with E-state index in [2.05, 4.69) is 0 Å². The molecule has 0 saturated carbocycles. The number of amides is 2. The van der Waals surface area contributed by atoms with Gasteiger partial charge in [-0.3, -0.25) is 9.59 Å². The predicted octanol–water partition coefficient (Wildman–Crippen LogP) is -0.450. The molecule has 2 amide bonds. The van der Waals surface area contributed by atoms with Crippen molar-refractivity contribution in [2.75, 3.05) is 19.6 Å². The van der Waals surface area contributed by atoms with Crippen molar-refractivity contribution in [2.45, 2.75) is 31.9 Å². The smallest absolute Gasteiger partial charge is 0.224 e. The van der Waals surface area contributed by atoms with E-state index in [9.17, 15) is 14.7 Å². The molecule has 0 aromatic carbocycles. The topological polar surface area (TPSA) is 60.9 Å². The van der Waals surface area contributed by atoms with Gasteiger partial charge in [0.1, 0.15) is 6.23 Å². The van der Waals surface area contributed by atoms with Crippen LogP contribution >= 0.6 is 0 Å². The zero-order valence-corrected chi connectivity index (χ0v) is 8.69. The Morgan fingerprint density at radius 3 is 2.33 bits per heavy atom. The molecule has 0 aromatic rings. The van der Waals surface area contributed by atoms with Crippen molar-refractivity contribution in [3.8, 4) is 0 Å². The van der Waals surface area contributed by atoms with E-state index in [0.29, 0.717) is 25.9 Å². The summed E-state index contributed by atoms with van der Waals surface area (Å²) in [6.07, 6.45) is 1.94. The molecule has 0 spiro atoms. The van der Waals surface area contributed by atoms with E-state index >= 15 is 0 Å². The normalized spacial score (nSPS) is 24.1. The summed E-state index contributed by atoms with van der Waals surface area (Å²) in [5.74, 6) is 0.0786. The molecule has 0 radical (unpaired) electrons. The van der Waals surface area contributed by atoms with Crippen LogP contribution in [0, 0.1) is 0 Å². The third-order valence-electron chi connectivity index (χ3n) is 3.02. The number of aliphatic hydroxyl groups is 1. The maximum atomic E-state index is 11.3. The summed E-state index contributed by atoms with van der Waals surface area (Å²) in [6.45, 7) is 1.59. The van der Waals surface area contributed by atoms with E-state index in [4.69, 9.17) is 0 Å². The van der Waals surface area contributed by atoms with E-state index in [1.165, 1.54) is 4.90 Å².